The van der Waals surface area contributed by atoms with Gasteiger partial charge >= 0.3 is 5.97 Å². The molecule has 4 nitrogen and oxygen atoms in total. The van der Waals surface area contributed by atoms with E-state index in [1.807, 2.05) is 26.0 Å². The summed E-state index contributed by atoms with van der Waals surface area (Å²) in [6.07, 6.45) is 2.52. The van der Waals surface area contributed by atoms with Gasteiger partial charge < -0.3 is 10.1 Å². The van der Waals surface area contributed by atoms with Gasteiger partial charge in [0.1, 0.15) is 5.82 Å². The van der Waals surface area contributed by atoms with Crippen molar-refractivity contribution in [2.24, 2.45) is 0 Å². The molecule has 2 rings (SSSR count). The summed E-state index contributed by atoms with van der Waals surface area (Å²) in [6.45, 7) is 4.00. The van der Waals surface area contributed by atoms with E-state index < -0.39 is 5.97 Å². The number of hydrogen-bond acceptors (Lipinski definition) is 2. The summed E-state index contributed by atoms with van der Waals surface area (Å²) in [4.78, 5) is 17.8. The number of aromatic nitrogens is 2. The van der Waals surface area contributed by atoms with Crippen molar-refractivity contribution < 1.29 is 9.90 Å². The number of nitrogens with zero attached hydrogens (tertiary/aromatic N) is 1. The van der Waals surface area contributed by atoms with Crippen molar-refractivity contribution in [1.29, 1.82) is 0 Å². The van der Waals surface area contributed by atoms with E-state index in [9.17, 15) is 4.79 Å². The minimum Gasteiger partial charge on any atom is -0.478 e. The molecular formula is C12H12N2O2. The molecule has 1 aromatic carbocycles. The van der Waals surface area contributed by atoms with Crippen LogP contribution in [0.1, 0.15) is 17.0 Å². The summed E-state index contributed by atoms with van der Waals surface area (Å²) >= 11 is 0. The minimum atomic E-state index is -0.978. The first-order valence-electron chi connectivity index (χ1n) is 4.94. The van der Waals surface area contributed by atoms with Gasteiger partial charge in [0.05, 0.1) is 11.0 Å². The fourth-order valence-electron chi connectivity index (χ4n) is 1.72. The van der Waals surface area contributed by atoms with E-state index in [1.165, 1.54) is 6.08 Å². The first-order chi connectivity index (χ1) is 7.56. The third kappa shape index (κ3) is 1.95. The Bertz CT molecular complexity index is 582. The lowest BCUT2D eigenvalue weighted by atomic mass is 10.1. The number of carboxylic acids is 1. The molecule has 1 heterocycles. The quantitative estimate of drug-likeness (QED) is 0.757. The van der Waals surface area contributed by atoms with E-state index in [2.05, 4.69) is 9.97 Å². The fraction of sp³-hybridized carbons (Fsp3) is 0.167. The number of nitrogens with one attached hydrogen (secondary N) is 1. The number of H-pyrrole nitrogens is 1. The van der Waals surface area contributed by atoms with Crippen LogP contribution in [-0.2, 0) is 4.79 Å². The summed E-state index contributed by atoms with van der Waals surface area (Å²) < 4.78 is 0. The summed E-state index contributed by atoms with van der Waals surface area (Å²) in [5.41, 5.74) is 4.06. The number of aliphatic carboxylic acids is 1. The molecule has 4 heteroatoms. The number of aryl methyl sites for hydroxylation is 2. The molecule has 0 atom stereocenters. The molecule has 16 heavy (non-hydrogen) atoms. The standard InChI is InChI=1S/C12H12N2O2/c1-7-5-8(2)12-9(6-7)13-10(14-12)3-4-11(15)16/h3-6H,1-2H3,(H,13,14)(H,15,16)/b4-3+. The van der Waals surface area contributed by atoms with Crippen molar-refractivity contribution >= 4 is 23.1 Å². The molecule has 1 aromatic heterocycles. The first kappa shape index (κ1) is 10.4. The third-order valence-corrected chi connectivity index (χ3v) is 2.32. The van der Waals surface area contributed by atoms with E-state index in [0.717, 1.165) is 28.2 Å². The van der Waals surface area contributed by atoms with Crippen LogP contribution < -0.4 is 0 Å². The number of carboxylic acid groups (broad SMARTS) is 1. The molecule has 0 aliphatic rings. The monoisotopic (exact) mass is 216 g/mol. The average Bonchev–Trinajstić information content (AvgIpc) is 2.57. The van der Waals surface area contributed by atoms with Gasteiger partial charge in [0, 0.05) is 6.08 Å². The molecule has 0 spiro atoms. The summed E-state index contributed by atoms with van der Waals surface area (Å²) in [6, 6.07) is 4.04. The Morgan fingerprint density at radius 3 is 2.88 bits per heavy atom. The second-order valence-corrected chi connectivity index (χ2v) is 3.77. The SMILES string of the molecule is Cc1cc(C)c2nc(/C=C/C(=O)O)[nH]c2c1. The number of fused-ring (bicyclic) bond motifs is 1. The maximum absolute atomic E-state index is 10.4. The number of rotatable bonds is 2. The van der Waals surface area contributed by atoms with Crippen LogP contribution in [0.4, 0.5) is 0 Å². The van der Waals surface area contributed by atoms with Crippen molar-refractivity contribution in [1.82, 2.24) is 9.97 Å². The second-order valence-electron chi connectivity index (χ2n) is 3.77. The van der Waals surface area contributed by atoms with Crippen molar-refractivity contribution in [3.05, 3.63) is 35.2 Å². The second kappa shape index (κ2) is 3.81. The number of imidazole rings is 1. The number of aromatic amines is 1. The van der Waals surface area contributed by atoms with Gasteiger partial charge in [-0.15, -0.1) is 0 Å². The van der Waals surface area contributed by atoms with Crippen LogP contribution in [0.15, 0.2) is 18.2 Å². The van der Waals surface area contributed by atoms with Crippen LogP contribution in [0, 0.1) is 13.8 Å². The molecule has 2 aromatic rings. The van der Waals surface area contributed by atoms with Crippen LogP contribution in [0.3, 0.4) is 0 Å². The molecule has 0 saturated carbocycles. The van der Waals surface area contributed by atoms with Gasteiger partial charge in [-0.3, -0.25) is 0 Å². The van der Waals surface area contributed by atoms with Gasteiger partial charge in [-0.05, 0) is 37.1 Å². The fourth-order valence-corrected chi connectivity index (χ4v) is 1.72. The molecule has 0 bridgehead atoms. The van der Waals surface area contributed by atoms with Gasteiger partial charge in [0.25, 0.3) is 0 Å². The van der Waals surface area contributed by atoms with Crippen LogP contribution >= 0.6 is 0 Å². The molecule has 0 aliphatic carbocycles. The topological polar surface area (TPSA) is 66.0 Å². The van der Waals surface area contributed by atoms with Crippen LogP contribution in [-0.4, -0.2) is 21.0 Å². The lowest BCUT2D eigenvalue weighted by Gasteiger charge is -1.96. The van der Waals surface area contributed by atoms with Crippen LogP contribution in [0.5, 0.6) is 0 Å². The van der Waals surface area contributed by atoms with E-state index in [4.69, 9.17) is 5.11 Å². The molecule has 0 aliphatic heterocycles. The van der Waals surface area contributed by atoms with Gasteiger partial charge in [-0.2, -0.15) is 0 Å². The summed E-state index contributed by atoms with van der Waals surface area (Å²) in [7, 11) is 0. The Kier molecular flexibility index (Phi) is 2.48. The molecule has 0 saturated heterocycles. The van der Waals surface area contributed by atoms with Crippen LogP contribution in [0.2, 0.25) is 0 Å². The highest BCUT2D eigenvalue weighted by Gasteiger charge is 2.04. The maximum atomic E-state index is 10.4. The number of hydrogen-bond donors (Lipinski definition) is 2. The van der Waals surface area contributed by atoms with Crippen molar-refractivity contribution in [2.75, 3.05) is 0 Å². The highest BCUT2D eigenvalue weighted by Crippen LogP contribution is 2.18. The highest BCUT2D eigenvalue weighted by atomic mass is 16.4. The lowest BCUT2D eigenvalue weighted by molar-refractivity contribution is -0.131. The van der Waals surface area contributed by atoms with Crippen molar-refractivity contribution in [3.63, 3.8) is 0 Å². The van der Waals surface area contributed by atoms with Gasteiger partial charge in [-0.1, -0.05) is 6.07 Å². The molecule has 0 radical (unpaired) electrons. The van der Waals surface area contributed by atoms with E-state index in [-0.39, 0.29) is 0 Å². The van der Waals surface area contributed by atoms with Gasteiger partial charge in [-0.25, -0.2) is 9.78 Å². The Hall–Kier alpha value is -2.10. The predicted octanol–water partition coefficient (Wildman–Crippen LogP) is 2.28. The summed E-state index contributed by atoms with van der Waals surface area (Å²) in [5, 5.41) is 8.52. The highest BCUT2D eigenvalue weighted by molar-refractivity contribution is 5.86. The Balaban J connectivity index is 2.52. The molecule has 0 fully saturated rings. The van der Waals surface area contributed by atoms with Crippen molar-refractivity contribution in [2.45, 2.75) is 13.8 Å². The van der Waals surface area contributed by atoms with Crippen molar-refractivity contribution in [3.8, 4) is 0 Å². The zero-order chi connectivity index (χ0) is 11.7. The Morgan fingerprint density at radius 1 is 1.44 bits per heavy atom. The first-order valence-corrected chi connectivity index (χ1v) is 4.94. The maximum Gasteiger partial charge on any atom is 0.328 e. The van der Waals surface area contributed by atoms with Crippen LogP contribution in [0.25, 0.3) is 17.1 Å². The normalized spacial score (nSPS) is 11.4. The lowest BCUT2D eigenvalue weighted by Crippen LogP contribution is -1.86. The Labute approximate surface area is 92.6 Å². The number of carbonyl (C=O) groups is 1. The van der Waals surface area contributed by atoms with E-state index in [0.29, 0.717) is 5.82 Å². The largest absolute Gasteiger partial charge is 0.478 e. The zero-order valence-corrected chi connectivity index (χ0v) is 9.11. The average molecular weight is 216 g/mol. The Morgan fingerprint density at radius 2 is 2.19 bits per heavy atom. The van der Waals surface area contributed by atoms with Gasteiger partial charge in [0.15, 0.2) is 0 Å². The number of benzene rings is 1. The van der Waals surface area contributed by atoms with E-state index in [1.54, 1.807) is 0 Å². The third-order valence-electron chi connectivity index (χ3n) is 2.32. The predicted molar refractivity (Wildman–Crippen MR) is 62.2 cm³/mol. The molecule has 82 valence electrons. The smallest absolute Gasteiger partial charge is 0.328 e. The zero-order valence-electron chi connectivity index (χ0n) is 9.11. The van der Waals surface area contributed by atoms with E-state index >= 15 is 0 Å². The summed E-state index contributed by atoms with van der Waals surface area (Å²) in [5.74, 6) is -0.417. The minimum absolute atomic E-state index is 0.561. The van der Waals surface area contributed by atoms with Gasteiger partial charge in [0.2, 0.25) is 0 Å². The molecular weight excluding hydrogens is 204 g/mol. The molecule has 2 N–H and O–H groups in total. The molecule has 0 unspecified atom stereocenters. The molecule has 0 amide bonds.